The van der Waals surface area contributed by atoms with Gasteiger partial charge in [0, 0.05) is 12.6 Å². The van der Waals surface area contributed by atoms with E-state index < -0.39 is 5.91 Å². The molecular formula is C21H24N4O5. The van der Waals surface area contributed by atoms with Gasteiger partial charge in [-0.15, -0.1) is 0 Å². The molecule has 0 saturated heterocycles. The normalized spacial score (nSPS) is 10.7. The minimum Gasteiger partial charge on any atom is -0.493 e. The van der Waals surface area contributed by atoms with Crippen molar-refractivity contribution in [2.24, 2.45) is 5.10 Å². The predicted octanol–water partition coefficient (Wildman–Crippen LogP) is 2.55. The molecule has 0 spiro atoms. The van der Waals surface area contributed by atoms with Crippen molar-refractivity contribution in [3.63, 3.8) is 0 Å². The maximum Gasteiger partial charge on any atom is 0.277 e. The number of nitrogens with zero attached hydrogens (tertiary/aromatic N) is 1. The lowest BCUT2D eigenvalue weighted by atomic mass is 10.2. The highest BCUT2D eigenvalue weighted by molar-refractivity contribution is 6.07. The number of hydrogen-bond acceptors (Lipinski definition) is 6. The van der Waals surface area contributed by atoms with Crippen LogP contribution in [0.15, 0.2) is 53.6 Å². The summed E-state index contributed by atoms with van der Waals surface area (Å²) < 4.78 is 10.6. The second-order valence-corrected chi connectivity index (χ2v) is 6.27. The standard InChI is InChI=1S/C21H24N4O5/c1-14(12-20(27)23-17-9-5-4-8-16(17)22-15(2)26)24-25-21(28)13-30-19-11-7-6-10-18(19)29-3/h4-11H,12-13H2,1-3H3,(H,22,26)(H,23,27)(H,25,28). The van der Waals surface area contributed by atoms with E-state index in [1.807, 2.05) is 0 Å². The zero-order valence-electron chi connectivity index (χ0n) is 17.0. The van der Waals surface area contributed by atoms with Gasteiger partial charge in [0.2, 0.25) is 11.8 Å². The van der Waals surface area contributed by atoms with Crippen LogP contribution in [-0.4, -0.2) is 37.1 Å². The highest BCUT2D eigenvalue weighted by atomic mass is 16.5. The lowest BCUT2D eigenvalue weighted by Crippen LogP contribution is -2.26. The van der Waals surface area contributed by atoms with Gasteiger partial charge in [0.1, 0.15) is 0 Å². The number of hydrazone groups is 1. The van der Waals surface area contributed by atoms with E-state index >= 15 is 0 Å². The van der Waals surface area contributed by atoms with Crippen LogP contribution in [0, 0.1) is 0 Å². The van der Waals surface area contributed by atoms with Crippen molar-refractivity contribution >= 4 is 34.8 Å². The van der Waals surface area contributed by atoms with Gasteiger partial charge in [0.25, 0.3) is 5.91 Å². The van der Waals surface area contributed by atoms with Crippen molar-refractivity contribution in [2.75, 3.05) is 24.4 Å². The number of ether oxygens (including phenoxy) is 2. The molecule has 0 bridgehead atoms. The average Bonchev–Trinajstić information content (AvgIpc) is 2.72. The van der Waals surface area contributed by atoms with Gasteiger partial charge >= 0.3 is 0 Å². The van der Waals surface area contributed by atoms with Crippen molar-refractivity contribution in [1.29, 1.82) is 0 Å². The van der Waals surface area contributed by atoms with Crippen LogP contribution >= 0.6 is 0 Å². The molecular weight excluding hydrogens is 388 g/mol. The van der Waals surface area contributed by atoms with E-state index in [1.54, 1.807) is 55.5 Å². The summed E-state index contributed by atoms with van der Waals surface area (Å²) in [6.45, 7) is 2.74. The molecule has 0 radical (unpaired) electrons. The van der Waals surface area contributed by atoms with Crippen LogP contribution in [0.5, 0.6) is 11.5 Å². The smallest absolute Gasteiger partial charge is 0.277 e. The number of anilines is 2. The number of carbonyl (C=O) groups excluding carboxylic acids is 3. The second-order valence-electron chi connectivity index (χ2n) is 6.27. The summed E-state index contributed by atoms with van der Waals surface area (Å²) in [5, 5.41) is 9.26. The van der Waals surface area contributed by atoms with E-state index in [1.165, 1.54) is 14.0 Å². The van der Waals surface area contributed by atoms with Gasteiger partial charge in [-0.2, -0.15) is 5.10 Å². The molecule has 0 fully saturated rings. The summed E-state index contributed by atoms with van der Waals surface area (Å²) in [5.41, 5.74) is 3.71. The summed E-state index contributed by atoms with van der Waals surface area (Å²) in [7, 11) is 1.51. The topological polar surface area (TPSA) is 118 Å². The molecule has 0 saturated carbocycles. The van der Waals surface area contributed by atoms with Crippen LogP contribution < -0.4 is 25.5 Å². The Labute approximate surface area is 174 Å². The summed E-state index contributed by atoms with van der Waals surface area (Å²) >= 11 is 0. The quantitative estimate of drug-likeness (QED) is 0.432. The number of nitrogens with one attached hydrogen (secondary N) is 3. The van der Waals surface area contributed by atoms with Crippen LogP contribution in [0.25, 0.3) is 0 Å². The first-order valence-corrected chi connectivity index (χ1v) is 9.13. The molecule has 2 rings (SSSR count). The zero-order valence-corrected chi connectivity index (χ0v) is 17.0. The fraction of sp³-hybridized carbons (Fsp3) is 0.238. The second kappa shape index (κ2) is 11.2. The first kappa shape index (κ1) is 22.4. The third-order valence-electron chi connectivity index (χ3n) is 3.73. The SMILES string of the molecule is COc1ccccc1OCC(=O)NN=C(C)CC(=O)Nc1ccccc1NC(C)=O. The fourth-order valence-corrected chi connectivity index (χ4v) is 2.43. The van der Waals surface area contributed by atoms with Crippen molar-refractivity contribution < 1.29 is 23.9 Å². The van der Waals surface area contributed by atoms with E-state index in [-0.39, 0.29) is 24.8 Å². The minimum atomic E-state index is -0.475. The molecule has 2 aromatic carbocycles. The zero-order chi connectivity index (χ0) is 21.9. The molecule has 3 N–H and O–H groups in total. The number of para-hydroxylation sites is 4. The number of carbonyl (C=O) groups is 3. The Bertz CT molecular complexity index is 942. The number of methoxy groups -OCH3 is 1. The molecule has 9 nitrogen and oxygen atoms in total. The molecule has 0 aromatic heterocycles. The van der Waals surface area contributed by atoms with Crippen LogP contribution in [0.4, 0.5) is 11.4 Å². The Hall–Kier alpha value is -3.88. The summed E-state index contributed by atoms with van der Waals surface area (Å²) in [5.74, 6) is -0.105. The molecule has 0 aliphatic rings. The van der Waals surface area contributed by atoms with E-state index in [4.69, 9.17) is 9.47 Å². The molecule has 0 aliphatic heterocycles. The van der Waals surface area contributed by atoms with Crippen LogP contribution in [-0.2, 0) is 14.4 Å². The van der Waals surface area contributed by atoms with Gasteiger partial charge in [-0.05, 0) is 31.2 Å². The van der Waals surface area contributed by atoms with Gasteiger partial charge in [-0.3, -0.25) is 14.4 Å². The van der Waals surface area contributed by atoms with E-state index in [2.05, 4.69) is 21.2 Å². The molecule has 30 heavy (non-hydrogen) atoms. The third kappa shape index (κ3) is 7.27. The van der Waals surface area contributed by atoms with Gasteiger partial charge in [-0.1, -0.05) is 24.3 Å². The van der Waals surface area contributed by atoms with Gasteiger partial charge < -0.3 is 20.1 Å². The lowest BCUT2D eigenvalue weighted by Gasteiger charge is -2.11. The largest absolute Gasteiger partial charge is 0.493 e. The Morgan fingerprint density at radius 2 is 1.47 bits per heavy atom. The summed E-state index contributed by atoms with van der Waals surface area (Å²) in [6.07, 6.45) is -0.0396. The Kier molecular flexibility index (Phi) is 8.37. The van der Waals surface area contributed by atoms with E-state index in [0.29, 0.717) is 28.6 Å². The average molecular weight is 412 g/mol. The number of hydrogen-bond donors (Lipinski definition) is 3. The fourth-order valence-electron chi connectivity index (χ4n) is 2.43. The van der Waals surface area contributed by atoms with E-state index in [0.717, 1.165) is 0 Å². The minimum absolute atomic E-state index is 0.0396. The van der Waals surface area contributed by atoms with Gasteiger partial charge in [0.05, 0.1) is 24.9 Å². The monoisotopic (exact) mass is 412 g/mol. The maximum absolute atomic E-state index is 12.2. The first-order valence-electron chi connectivity index (χ1n) is 9.13. The van der Waals surface area contributed by atoms with Crippen LogP contribution in [0.3, 0.4) is 0 Å². The van der Waals surface area contributed by atoms with Crippen molar-refractivity contribution in [3.05, 3.63) is 48.5 Å². The number of rotatable bonds is 9. The lowest BCUT2D eigenvalue weighted by molar-refractivity contribution is -0.123. The molecule has 9 heteroatoms. The first-order chi connectivity index (χ1) is 14.4. The van der Waals surface area contributed by atoms with Crippen LogP contribution in [0.1, 0.15) is 20.3 Å². The Morgan fingerprint density at radius 1 is 0.867 bits per heavy atom. The molecule has 0 aliphatic carbocycles. The van der Waals surface area contributed by atoms with E-state index in [9.17, 15) is 14.4 Å². The Morgan fingerprint density at radius 3 is 2.10 bits per heavy atom. The molecule has 2 aromatic rings. The predicted molar refractivity (Wildman–Crippen MR) is 114 cm³/mol. The van der Waals surface area contributed by atoms with Gasteiger partial charge in [-0.25, -0.2) is 5.43 Å². The molecule has 0 heterocycles. The molecule has 0 atom stereocenters. The third-order valence-corrected chi connectivity index (χ3v) is 3.73. The van der Waals surface area contributed by atoms with Crippen molar-refractivity contribution in [1.82, 2.24) is 5.43 Å². The van der Waals surface area contributed by atoms with Crippen molar-refractivity contribution in [2.45, 2.75) is 20.3 Å². The molecule has 158 valence electrons. The van der Waals surface area contributed by atoms with Gasteiger partial charge in [0.15, 0.2) is 18.1 Å². The Balaban J connectivity index is 1.84. The van der Waals surface area contributed by atoms with Crippen LogP contribution in [0.2, 0.25) is 0 Å². The van der Waals surface area contributed by atoms with Crippen molar-refractivity contribution in [3.8, 4) is 11.5 Å². The summed E-state index contributed by atoms with van der Waals surface area (Å²) in [6, 6.07) is 13.8. The maximum atomic E-state index is 12.2. The highest BCUT2D eigenvalue weighted by Crippen LogP contribution is 2.25. The number of amides is 3. The number of benzene rings is 2. The highest BCUT2D eigenvalue weighted by Gasteiger charge is 2.10. The summed E-state index contributed by atoms with van der Waals surface area (Å²) in [4.78, 5) is 35.4. The molecule has 0 unspecified atom stereocenters. The molecule has 3 amide bonds.